The lowest BCUT2D eigenvalue weighted by Crippen LogP contribution is -2.08. The normalized spacial score (nSPS) is 9.55. The predicted octanol–water partition coefficient (Wildman–Crippen LogP) is 0.681. The number of aliphatic carboxylic acids is 3. The van der Waals surface area contributed by atoms with Crippen molar-refractivity contribution in [2.75, 3.05) is 0 Å². The van der Waals surface area contributed by atoms with Crippen molar-refractivity contribution in [3.8, 4) is 0 Å². The smallest absolute Gasteiger partial charge is 0.331 e. The number of carboxylic acids is 3. The van der Waals surface area contributed by atoms with E-state index in [9.17, 15) is 19.2 Å². The molecule has 0 aromatic heterocycles. The first-order chi connectivity index (χ1) is 9.06. The van der Waals surface area contributed by atoms with Crippen molar-refractivity contribution in [2.24, 2.45) is 0 Å². The Morgan fingerprint density at radius 1 is 1.10 bits per heavy atom. The summed E-state index contributed by atoms with van der Waals surface area (Å²) in [6, 6.07) is 0. The minimum Gasteiger partial charge on any atom is -0.481 e. The second-order valence-corrected chi connectivity index (χ2v) is 3.64. The van der Waals surface area contributed by atoms with Crippen LogP contribution in [0.25, 0.3) is 0 Å². The largest absolute Gasteiger partial charge is 0.481 e. The Labute approximate surface area is 115 Å². The summed E-state index contributed by atoms with van der Waals surface area (Å²) in [5.74, 6) is -4.24. The SMILES string of the molecule is C=C(CC(=O)O)C(=O)O.CC(C)OC(=O)/C=C/C(=O)O. The van der Waals surface area contributed by atoms with Gasteiger partial charge in [0.25, 0.3) is 0 Å². The van der Waals surface area contributed by atoms with Crippen LogP contribution in [0.5, 0.6) is 0 Å². The van der Waals surface area contributed by atoms with Crippen molar-refractivity contribution >= 4 is 23.9 Å². The quantitative estimate of drug-likeness (QED) is 0.479. The molecule has 0 aliphatic rings. The van der Waals surface area contributed by atoms with Gasteiger partial charge in [0.1, 0.15) is 0 Å². The second-order valence-electron chi connectivity index (χ2n) is 3.64. The number of carbonyl (C=O) groups excluding carboxylic acids is 1. The Kier molecular flexibility index (Phi) is 10.1. The highest BCUT2D eigenvalue weighted by Gasteiger charge is 2.07. The molecule has 0 bridgehead atoms. The molecule has 0 aliphatic heterocycles. The predicted molar refractivity (Wildman–Crippen MR) is 67.0 cm³/mol. The topological polar surface area (TPSA) is 138 Å². The Hall–Kier alpha value is -2.64. The molecular formula is C12H16O8. The number of carbonyl (C=O) groups is 4. The summed E-state index contributed by atoms with van der Waals surface area (Å²) >= 11 is 0. The van der Waals surface area contributed by atoms with Crippen LogP contribution >= 0.6 is 0 Å². The van der Waals surface area contributed by atoms with Gasteiger partial charge in [-0.2, -0.15) is 0 Å². The zero-order chi connectivity index (χ0) is 16.3. The molecule has 112 valence electrons. The highest BCUT2D eigenvalue weighted by molar-refractivity contribution is 5.91. The van der Waals surface area contributed by atoms with Gasteiger partial charge in [-0.1, -0.05) is 6.58 Å². The first-order valence-electron chi connectivity index (χ1n) is 5.30. The van der Waals surface area contributed by atoms with Crippen LogP contribution in [0.3, 0.4) is 0 Å². The van der Waals surface area contributed by atoms with Gasteiger partial charge < -0.3 is 20.1 Å². The molecule has 3 N–H and O–H groups in total. The van der Waals surface area contributed by atoms with E-state index in [0.29, 0.717) is 0 Å². The van der Waals surface area contributed by atoms with Crippen LogP contribution in [0.2, 0.25) is 0 Å². The molecule has 0 unspecified atom stereocenters. The Balaban J connectivity index is 0. The lowest BCUT2D eigenvalue weighted by atomic mass is 10.2. The monoisotopic (exact) mass is 288 g/mol. The number of rotatable bonds is 6. The maximum atomic E-state index is 10.6. The van der Waals surface area contributed by atoms with Crippen molar-refractivity contribution in [2.45, 2.75) is 26.4 Å². The van der Waals surface area contributed by atoms with Gasteiger partial charge in [0.2, 0.25) is 0 Å². The summed E-state index contributed by atoms with van der Waals surface area (Å²) in [5, 5.41) is 24.2. The molecule has 0 aromatic carbocycles. The lowest BCUT2D eigenvalue weighted by Gasteiger charge is -2.02. The van der Waals surface area contributed by atoms with Gasteiger partial charge in [-0.3, -0.25) is 4.79 Å². The molecule has 0 aromatic rings. The number of carboxylic acid groups (broad SMARTS) is 3. The first-order valence-corrected chi connectivity index (χ1v) is 5.30. The van der Waals surface area contributed by atoms with Gasteiger partial charge in [-0.15, -0.1) is 0 Å². The van der Waals surface area contributed by atoms with Crippen LogP contribution in [0.15, 0.2) is 24.3 Å². The Morgan fingerprint density at radius 2 is 1.60 bits per heavy atom. The van der Waals surface area contributed by atoms with Crippen LogP contribution in [0.4, 0.5) is 0 Å². The molecule has 0 rings (SSSR count). The molecule has 0 atom stereocenters. The van der Waals surface area contributed by atoms with Gasteiger partial charge in [0, 0.05) is 17.7 Å². The van der Waals surface area contributed by atoms with Gasteiger partial charge in [-0.05, 0) is 13.8 Å². The minimum absolute atomic E-state index is 0.221. The van der Waals surface area contributed by atoms with E-state index in [-0.39, 0.29) is 11.7 Å². The van der Waals surface area contributed by atoms with Gasteiger partial charge >= 0.3 is 23.9 Å². The third-order valence-electron chi connectivity index (χ3n) is 1.38. The Bertz CT molecular complexity index is 419. The average molecular weight is 288 g/mol. The molecule has 0 heterocycles. The number of hydrogen-bond donors (Lipinski definition) is 3. The highest BCUT2D eigenvalue weighted by atomic mass is 16.5. The highest BCUT2D eigenvalue weighted by Crippen LogP contribution is 1.95. The molecule has 0 radical (unpaired) electrons. The molecule has 8 nitrogen and oxygen atoms in total. The zero-order valence-electron chi connectivity index (χ0n) is 11.0. The Morgan fingerprint density at radius 3 is 1.85 bits per heavy atom. The van der Waals surface area contributed by atoms with Crippen LogP contribution in [0.1, 0.15) is 20.3 Å². The van der Waals surface area contributed by atoms with Gasteiger partial charge in [0.15, 0.2) is 0 Å². The average Bonchev–Trinajstić information content (AvgIpc) is 2.25. The lowest BCUT2D eigenvalue weighted by molar-refractivity contribution is -0.142. The van der Waals surface area contributed by atoms with E-state index in [4.69, 9.17) is 15.3 Å². The molecule has 0 aliphatic carbocycles. The fourth-order valence-electron chi connectivity index (χ4n) is 0.669. The van der Waals surface area contributed by atoms with Crippen molar-refractivity contribution in [3.05, 3.63) is 24.3 Å². The molecule has 0 saturated heterocycles. The number of esters is 1. The first kappa shape index (κ1) is 19.7. The van der Waals surface area contributed by atoms with Crippen molar-refractivity contribution in [1.82, 2.24) is 0 Å². The third kappa shape index (κ3) is 15.4. The summed E-state index contributed by atoms with van der Waals surface area (Å²) in [7, 11) is 0. The van der Waals surface area contributed by atoms with Crippen LogP contribution < -0.4 is 0 Å². The van der Waals surface area contributed by atoms with Crippen LogP contribution in [-0.2, 0) is 23.9 Å². The zero-order valence-corrected chi connectivity index (χ0v) is 11.0. The van der Waals surface area contributed by atoms with E-state index in [2.05, 4.69) is 11.3 Å². The van der Waals surface area contributed by atoms with E-state index >= 15 is 0 Å². The number of hydrogen-bond acceptors (Lipinski definition) is 5. The van der Waals surface area contributed by atoms with Crippen molar-refractivity contribution in [1.29, 1.82) is 0 Å². The van der Waals surface area contributed by atoms with E-state index in [0.717, 1.165) is 12.2 Å². The maximum Gasteiger partial charge on any atom is 0.331 e. The molecule has 0 saturated carbocycles. The van der Waals surface area contributed by atoms with E-state index < -0.39 is 30.3 Å². The molecule has 0 spiro atoms. The minimum atomic E-state index is -1.27. The summed E-state index contributed by atoms with van der Waals surface area (Å²) in [6.45, 7) is 6.39. The van der Waals surface area contributed by atoms with Gasteiger partial charge in [0.05, 0.1) is 12.5 Å². The summed E-state index contributed by atoms with van der Waals surface area (Å²) < 4.78 is 4.61. The summed E-state index contributed by atoms with van der Waals surface area (Å²) in [4.78, 5) is 40.1. The fourth-order valence-corrected chi connectivity index (χ4v) is 0.669. The van der Waals surface area contributed by atoms with Crippen molar-refractivity contribution in [3.63, 3.8) is 0 Å². The molecule has 20 heavy (non-hydrogen) atoms. The van der Waals surface area contributed by atoms with Crippen molar-refractivity contribution < 1.29 is 39.2 Å². The summed E-state index contributed by atoms with van der Waals surface area (Å²) in [5.41, 5.74) is -0.303. The van der Waals surface area contributed by atoms with Gasteiger partial charge in [-0.25, -0.2) is 14.4 Å². The molecule has 0 fully saturated rings. The molecule has 8 heteroatoms. The third-order valence-corrected chi connectivity index (χ3v) is 1.38. The summed E-state index contributed by atoms with van der Waals surface area (Å²) in [6.07, 6.45) is 0.892. The van der Waals surface area contributed by atoms with E-state index in [1.807, 2.05) is 0 Å². The van der Waals surface area contributed by atoms with Crippen LogP contribution in [0, 0.1) is 0 Å². The second kappa shape index (κ2) is 10.3. The maximum absolute atomic E-state index is 10.6. The standard InChI is InChI=1S/C7H10O4.C5H6O4/c1-5(2)11-7(10)4-3-6(8)9;1-3(5(8)9)2-4(6)7/h3-5H,1-2H3,(H,8,9);1-2H2,(H,6,7)(H,8,9)/b4-3+;. The fraction of sp³-hybridized carbons (Fsp3) is 0.333. The van der Waals surface area contributed by atoms with E-state index in [1.165, 1.54) is 0 Å². The van der Waals surface area contributed by atoms with E-state index in [1.54, 1.807) is 13.8 Å². The molecule has 0 amide bonds. The molecular weight excluding hydrogens is 272 g/mol. The van der Waals surface area contributed by atoms with Crippen LogP contribution in [-0.4, -0.2) is 45.3 Å². The number of ether oxygens (including phenoxy) is 1.